The fraction of sp³-hybridized carbons (Fsp3) is 0.600. The van der Waals surface area contributed by atoms with Crippen LogP contribution in [0.3, 0.4) is 0 Å². The molecule has 2 nitrogen and oxygen atoms in total. The zero-order valence-corrected chi connectivity index (χ0v) is 11.2. The Hall–Kier alpha value is -0.860. The van der Waals surface area contributed by atoms with Gasteiger partial charge in [0.05, 0.1) is 0 Å². The summed E-state index contributed by atoms with van der Waals surface area (Å²) in [6.45, 7) is 8.94. The van der Waals surface area contributed by atoms with E-state index >= 15 is 0 Å². The molecule has 2 rings (SSSR count). The number of hydrogen-bond donors (Lipinski definition) is 1. The van der Waals surface area contributed by atoms with Gasteiger partial charge in [-0.25, -0.2) is 0 Å². The lowest BCUT2D eigenvalue weighted by molar-refractivity contribution is 0.249. The molecule has 1 aromatic carbocycles. The van der Waals surface area contributed by atoms with Gasteiger partial charge in [-0.3, -0.25) is 4.90 Å². The fourth-order valence-corrected chi connectivity index (χ4v) is 2.90. The highest BCUT2D eigenvalue weighted by Crippen LogP contribution is 2.24. The summed E-state index contributed by atoms with van der Waals surface area (Å²) in [5.41, 5.74) is 8.86. The normalized spacial score (nSPS) is 27.3. The molecule has 1 aliphatic heterocycles. The van der Waals surface area contributed by atoms with Crippen molar-refractivity contribution >= 4 is 0 Å². The molecule has 1 aromatic rings. The molecule has 3 unspecified atom stereocenters. The van der Waals surface area contributed by atoms with Crippen molar-refractivity contribution < 1.29 is 0 Å². The first-order chi connectivity index (χ1) is 8.06. The summed E-state index contributed by atoms with van der Waals surface area (Å²) >= 11 is 0. The molecule has 2 N–H and O–H groups in total. The van der Waals surface area contributed by atoms with E-state index in [0.29, 0.717) is 6.04 Å². The Kier molecular flexibility index (Phi) is 3.85. The quantitative estimate of drug-likeness (QED) is 0.868. The highest BCUT2D eigenvalue weighted by molar-refractivity contribution is 5.25. The van der Waals surface area contributed by atoms with Gasteiger partial charge in [0, 0.05) is 25.2 Å². The molecule has 0 saturated carbocycles. The van der Waals surface area contributed by atoms with Crippen molar-refractivity contribution in [1.29, 1.82) is 0 Å². The Labute approximate surface area is 105 Å². The maximum absolute atomic E-state index is 6.31. The Morgan fingerprint density at radius 1 is 1.41 bits per heavy atom. The van der Waals surface area contributed by atoms with E-state index in [-0.39, 0.29) is 6.04 Å². The van der Waals surface area contributed by atoms with E-state index in [1.165, 1.54) is 24.1 Å². The van der Waals surface area contributed by atoms with Gasteiger partial charge in [0.2, 0.25) is 0 Å². The molecule has 17 heavy (non-hydrogen) atoms. The van der Waals surface area contributed by atoms with Crippen molar-refractivity contribution in [2.24, 2.45) is 11.7 Å². The summed E-state index contributed by atoms with van der Waals surface area (Å²) in [7, 11) is 0. The van der Waals surface area contributed by atoms with Crippen LogP contribution in [0, 0.1) is 12.8 Å². The van der Waals surface area contributed by atoms with E-state index in [9.17, 15) is 0 Å². The molecule has 0 aliphatic carbocycles. The Balaban J connectivity index is 1.99. The van der Waals surface area contributed by atoms with E-state index in [0.717, 1.165) is 12.5 Å². The van der Waals surface area contributed by atoms with Gasteiger partial charge in [0.15, 0.2) is 0 Å². The number of rotatable bonds is 3. The van der Waals surface area contributed by atoms with Gasteiger partial charge in [0.25, 0.3) is 0 Å². The summed E-state index contributed by atoms with van der Waals surface area (Å²) in [5.74, 6) is 0.815. The van der Waals surface area contributed by atoms with E-state index in [4.69, 9.17) is 5.73 Å². The van der Waals surface area contributed by atoms with Crippen LogP contribution in [0.25, 0.3) is 0 Å². The van der Waals surface area contributed by atoms with Crippen molar-refractivity contribution in [2.75, 3.05) is 13.1 Å². The number of nitrogens with two attached hydrogens (primary N) is 1. The standard InChI is InChI=1S/C15H24N2/c1-11-5-4-6-14(8-11)15(16)10-17-9-12(2)7-13(17)3/h4-6,8,12-13,15H,7,9-10,16H2,1-3H3. The maximum Gasteiger partial charge on any atom is 0.0424 e. The Morgan fingerprint density at radius 2 is 2.18 bits per heavy atom. The number of benzene rings is 1. The molecule has 1 heterocycles. The summed E-state index contributed by atoms with van der Waals surface area (Å²) in [4.78, 5) is 2.53. The van der Waals surface area contributed by atoms with Crippen molar-refractivity contribution in [3.63, 3.8) is 0 Å². The lowest BCUT2D eigenvalue weighted by atomic mass is 10.0. The van der Waals surface area contributed by atoms with Crippen molar-refractivity contribution in [1.82, 2.24) is 4.90 Å². The molecular formula is C15H24N2. The number of likely N-dealkylation sites (tertiary alicyclic amines) is 1. The molecule has 0 aromatic heterocycles. The van der Waals surface area contributed by atoms with Gasteiger partial charge in [-0.2, -0.15) is 0 Å². The minimum absolute atomic E-state index is 0.141. The number of hydrogen-bond acceptors (Lipinski definition) is 2. The first-order valence-corrected chi connectivity index (χ1v) is 6.62. The first kappa shape index (κ1) is 12.6. The van der Waals surface area contributed by atoms with Crippen molar-refractivity contribution in [3.8, 4) is 0 Å². The van der Waals surface area contributed by atoms with Crippen molar-refractivity contribution in [2.45, 2.75) is 39.3 Å². The van der Waals surface area contributed by atoms with Crippen LogP contribution in [-0.4, -0.2) is 24.0 Å². The lowest BCUT2D eigenvalue weighted by Gasteiger charge is -2.25. The maximum atomic E-state index is 6.31. The molecular weight excluding hydrogens is 208 g/mol. The molecule has 1 aliphatic rings. The monoisotopic (exact) mass is 232 g/mol. The predicted molar refractivity (Wildman–Crippen MR) is 72.9 cm³/mol. The van der Waals surface area contributed by atoms with Crippen LogP contribution >= 0.6 is 0 Å². The van der Waals surface area contributed by atoms with Gasteiger partial charge in [-0.05, 0) is 31.7 Å². The van der Waals surface area contributed by atoms with Crippen LogP contribution < -0.4 is 5.73 Å². The largest absolute Gasteiger partial charge is 0.323 e. The second-order valence-electron chi connectivity index (χ2n) is 5.66. The third-order valence-electron chi connectivity index (χ3n) is 3.81. The molecule has 3 atom stereocenters. The fourth-order valence-electron chi connectivity index (χ4n) is 2.90. The van der Waals surface area contributed by atoms with Gasteiger partial charge in [-0.15, -0.1) is 0 Å². The van der Waals surface area contributed by atoms with E-state index in [1.54, 1.807) is 0 Å². The zero-order chi connectivity index (χ0) is 12.4. The van der Waals surface area contributed by atoms with Crippen LogP contribution in [0.5, 0.6) is 0 Å². The summed E-state index contributed by atoms with van der Waals surface area (Å²) in [6.07, 6.45) is 1.31. The average molecular weight is 232 g/mol. The summed E-state index contributed by atoms with van der Waals surface area (Å²) in [6, 6.07) is 9.39. The Bertz CT molecular complexity index is 375. The van der Waals surface area contributed by atoms with Gasteiger partial charge < -0.3 is 5.73 Å². The molecule has 2 heteroatoms. The average Bonchev–Trinajstić information content (AvgIpc) is 2.57. The zero-order valence-electron chi connectivity index (χ0n) is 11.2. The molecule has 0 radical (unpaired) electrons. The first-order valence-electron chi connectivity index (χ1n) is 6.62. The second kappa shape index (κ2) is 5.19. The lowest BCUT2D eigenvalue weighted by Crippen LogP contribution is -2.34. The van der Waals surface area contributed by atoms with Gasteiger partial charge in [-0.1, -0.05) is 36.8 Å². The van der Waals surface area contributed by atoms with Crippen molar-refractivity contribution in [3.05, 3.63) is 35.4 Å². The van der Waals surface area contributed by atoms with Crippen LogP contribution in [0.4, 0.5) is 0 Å². The van der Waals surface area contributed by atoms with Gasteiger partial charge in [0.1, 0.15) is 0 Å². The minimum atomic E-state index is 0.141. The molecule has 0 spiro atoms. The predicted octanol–water partition coefficient (Wildman–Crippen LogP) is 2.73. The van der Waals surface area contributed by atoms with E-state index < -0.39 is 0 Å². The second-order valence-corrected chi connectivity index (χ2v) is 5.66. The molecule has 94 valence electrons. The van der Waals surface area contributed by atoms with Crippen LogP contribution in [0.1, 0.15) is 37.4 Å². The van der Waals surface area contributed by atoms with E-state index in [1.807, 2.05) is 0 Å². The minimum Gasteiger partial charge on any atom is -0.323 e. The van der Waals surface area contributed by atoms with Crippen LogP contribution in [-0.2, 0) is 0 Å². The SMILES string of the molecule is Cc1cccc(C(N)CN2CC(C)CC2C)c1. The van der Waals surface area contributed by atoms with Crippen LogP contribution in [0.2, 0.25) is 0 Å². The van der Waals surface area contributed by atoms with Crippen LogP contribution in [0.15, 0.2) is 24.3 Å². The number of nitrogens with zero attached hydrogens (tertiary/aromatic N) is 1. The molecule has 1 fully saturated rings. The number of aryl methyl sites for hydroxylation is 1. The molecule has 1 saturated heterocycles. The molecule has 0 bridgehead atoms. The summed E-state index contributed by atoms with van der Waals surface area (Å²) < 4.78 is 0. The Morgan fingerprint density at radius 3 is 2.76 bits per heavy atom. The third kappa shape index (κ3) is 3.08. The van der Waals surface area contributed by atoms with Gasteiger partial charge >= 0.3 is 0 Å². The van der Waals surface area contributed by atoms with E-state index in [2.05, 4.69) is 49.9 Å². The smallest absolute Gasteiger partial charge is 0.0424 e. The summed E-state index contributed by atoms with van der Waals surface area (Å²) in [5, 5.41) is 0. The third-order valence-corrected chi connectivity index (χ3v) is 3.81. The topological polar surface area (TPSA) is 29.3 Å². The highest BCUT2D eigenvalue weighted by Gasteiger charge is 2.27. The molecule has 0 amide bonds. The highest BCUT2D eigenvalue weighted by atomic mass is 15.2.